The lowest BCUT2D eigenvalue weighted by Crippen LogP contribution is -2.23. The van der Waals surface area contributed by atoms with Gasteiger partial charge in [0.25, 0.3) is 0 Å². The molecule has 7 heteroatoms. The number of aromatic nitrogens is 2. The van der Waals surface area contributed by atoms with Crippen molar-refractivity contribution in [2.24, 2.45) is 0 Å². The fourth-order valence-electron chi connectivity index (χ4n) is 4.51. The quantitative estimate of drug-likeness (QED) is 0.614. The van der Waals surface area contributed by atoms with Crippen LogP contribution >= 0.6 is 0 Å². The number of hydrogen-bond acceptors (Lipinski definition) is 4. The molecule has 3 aromatic rings. The largest absolute Gasteiger partial charge is 0.481 e. The highest BCUT2D eigenvalue weighted by Gasteiger charge is 2.30. The number of aliphatic carboxylic acids is 1. The number of hydrogen-bond donors (Lipinski definition) is 1. The molecule has 164 valence electrons. The van der Waals surface area contributed by atoms with Crippen LogP contribution in [0.3, 0.4) is 0 Å². The lowest BCUT2D eigenvalue weighted by molar-refractivity contribution is -0.136. The van der Waals surface area contributed by atoms with Crippen molar-refractivity contribution >= 4 is 21.3 Å². The van der Waals surface area contributed by atoms with Crippen LogP contribution in [0.5, 0.6) is 0 Å². The molecule has 31 heavy (non-hydrogen) atoms. The second kappa shape index (κ2) is 8.83. The molecule has 4 rings (SSSR count). The summed E-state index contributed by atoms with van der Waals surface area (Å²) in [6.07, 6.45) is 9.86. The number of pyridine rings is 1. The molecule has 0 amide bonds. The second-order valence-corrected chi connectivity index (χ2v) is 10.7. The summed E-state index contributed by atoms with van der Waals surface area (Å²) in [5.41, 5.74) is 3.60. The van der Waals surface area contributed by atoms with Gasteiger partial charge in [-0.15, -0.1) is 0 Å². The molecule has 6 nitrogen and oxygen atoms in total. The number of sulfone groups is 1. The summed E-state index contributed by atoms with van der Waals surface area (Å²) < 4.78 is 29.1. The SMILES string of the molecule is Cc1ccc(-c2ccn3ncc(CC(=O)O)c3c2)c(S(=O)(=O)C2CCCCCCC2)c1. The maximum Gasteiger partial charge on any atom is 0.307 e. The first-order valence-electron chi connectivity index (χ1n) is 10.9. The van der Waals surface area contributed by atoms with Crippen molar-refractivity contribution in [2.75, 3.05) is 0 Å². The monoisotopic (exact) mass is 440 g/mol. The van der Waals surface area contributed by atoms with Crippen LogP contribution < -0.4 is 0 Å². The Kier molecular flexibility index (Phi) is 6.14. The Morgan fingerprint density at radius 2 is 1.81 bits per heavy atom. The van der Waals surface area contributed by atoms with E-state index in [1.165, 1.54) is 6.42 Å². The molecule has 2 heterocycles. The summed E-state index contributed by atoms with van der Waals surface area (Å²) in [5.74, 6) is -0.928. The van der Waals surface area contributed by atoms with Crippen molar-refractivity contribution in [3.8, 4) is 11.1 Å². The third kappa shape index (κ3) is 4.51. The first kappa shape index (κ1) is 21.6. The number of carboxylic acids is 1. The second-order valence-electron chi connectivity index (χ2n) is 8.50. The molecule has 1 aliphatic carbocycles. The molecule has 2 aromatic heterocycles. The Morgan fingerprint density at radius 3 is 2.52 bits per heavy atom. The van der Waals surface area contributed by atoms with Crippen molar-refractivity contribution in [3.05, 3.63) is 53.9 Å². The Hall–Kier alpha value is -2.67. The van der Waals surface area contributed by atoms with Gasteiger partial charge in [0.2, 0.25) is 0 Å². The van der Waals surface area contributed by atoms with E-state index in [4.69, 9.17) is 0 Å². The molecule has 1 aliphatic rings. The molecular weight excluding hydrogens is 412 g/mol. The molecule has 1 fully saturated rings. The average Bonchev–Trinajstić information content (AvgIpc) is 3.09. The number of nitrogens with zero attached hydrogens (tertiary/aromatic N) is 2. The van der Waals surface area contributed by atoms with Crippen molar-refractivity contribution in [2.45, 2.75) is 68.4 Å². The van der Waals surface area contributed by atoms with Crippen LogP contribution in [-0.2, 0) is 21.1 Å². The van der Waals surface area contributed by atoms with E-state index in [-0.39, 0.29) is 11.7 Å². The topological polar surface area (TPSA) is 88.7 Å². The zero-order valence-corrected chi connectivity index (χ0v) is 18.6. The van der Waals surface area contributed by atoms with Gasteiger partial charge < -0.3 is 5.11 Å². The number of fused-ring (bicyclic) bond motifs is 1. The van der Waals surface area contributed by atoms with Crippen molar-refractivity contribution < 1.29 is 18.3 Å². The molecule has 1 N–H and O–H groups in total. The number of rotatable bonds is 5. The van der Waals surface area contributed by atoms with Gasteiger partial charge in [0, 0.05) is 17.3 Å². The maximum atomic E-state index is 13.7. The lowest BCUT2D eigenvalue weighted by atomic mass is 10.0. The lowest BCUT2D eigenvalue weighted by Gasteiger charge is -2.22. The summed E-state index contributed by atoms with van der Waals surface area (Å²) in [7, 11) is -3.49. The molecule has 0 bridgehead atoms. The number of aryl methyl sites for hydroxylation is 1. The average molecular weight is 441 g/mol. The van der Waals surface area contributed by atoms with E-state index < -0.39 is 15.8 Å². The molecule has 0 atom stereocenters. The van der Waals surface area contributed by atoms with Gasteiger partial charge in [0.05, 0.1) is 28.3 Å². The van der Waals surface area contributed by atoms with Gasteiger partial charge in [-0.1, -0.05) is 44.2 Å². The van der Waals surface area contributed by atoms with Gasteiger partial charge in [-0.05, 0) is 49.1 Å². The van der Waals surface area contributed by atoms with Crippen LogP contribution in [0.4, 0.5) is 0 Å². The van der Waals surface area contributed by atoms with Gasteiger partial charge in [0.1, 0.15) is 0 Å². The molecule has 0 aliphatic heterocycles. The van der Waals surface area contributed by atoms with E-state index in [0.717, 1.165) is 36.8 Å². The Balaban J connectivity index is 1.80. The molecule has 0 radical (unpaired) electrons. The van der Waals surface area contributed by atoms with E-state index >= 15 is 0 Å². The smallest absolute Gasteiger partial charge is 0.307 e. The fraction of sp³-hybridized carbons (Fsp3) is 0.417. The van der Waals surface area contributed by atoms with E-state index in [1.54, 1.807) is 23.0 Å². The van der Waals surface area contributed by atoms with Crippen LogP contribution in [0.25, 0.3) is 16.6 Å². The highest BCUT2D eigenvalue weighted by molar-refractivity contribution is 7.92. The molecule has 0 saturated heterocycles. The normalized spacial score (nSPS) is 16.2. The summed E-state index contributed by atoms with van der Waals surface area (Å²) in [6, 6.07) is 9.25. The van der Waals surface area contributed by atoms with Gasteiger partial charge in [-0.25, -0.2) is 12.9 Å². The number of benzene rings is 1. The van der Waals surface area contributed by atoms with E-state index in [2.05, 4.69) is 5.10 Å². The minimum Gasteiger partial charge on any atom is -0.481 e. The molecule has 0 spiro atoms. The molecule has 1 aromatic carbocycles. The Labute approximate surface area is 182 Å². The number of carbonyl (C=O) groups is 1. The van der Waals surface area contributed by atoms with Crippen LogP contribution in [0, 0.1) is 6.92 Å². The van der Waals surface area contributed by atoms with E-state index in [9.17, 15) is 18.3 Å². The van der Waals surface area contributed by atoms with Gasteiger partial charge in [-0.2, -0.15) is 5.10 Å². The molecule has 1 saturated carbocycles. The zero-order chi connectivity index (χ0) is 22.0. The van der Waals surface area contributed by atoms with E-state index in [0.29, 0.717) is 34.4 Å². The van der Waals surface area contributed by atoms with Gasteiger partial charge in [0.15, 0.2) is 9.84 Å². The molecular formula is C24H28N2O4S. The highest BCUT2D eigenvalue weighted by Crippen LogP contribution is 2.35. The van der Waals surface area contributed by atoms with Crippen molar-refractivity contribution in [3.63, 3.8) is 0 Å². The number of carboxylic acid groups (broad SMARTS) is 1. The highest BCUT2D eigenvalue weighted by atomic mass is 32.2. The standard InChI is InChI=1S/C24H28N2O4S/c1-17-9-10-21(18-11-12-26-22(14-18)19(16-25-26)15-24(27)28)23(13-17)31(29,30)20-7-5-3-2-4-6-8-20/h9-14,16,20H,2-8,15H2,1H3,(H,27,28). The summed E-state index contributed by atoms with van der Waals surface area (Å²) in [6.45, 7) is 1.91. The van der Waals surface area contributed by atoms with Crippen LogP contribution in [0.2, 0.25) is 0 Å². The summed E-state index contributed by atoms with van der Waals surface area (Å²) >= 11 is 0. The molecule has 0 unspecified atom stereocenters. The third-order valence-electron chi connectivity index (χ3n) is 6.19. The van der Waals surface area contributed by atoms with Crippen LogP contribution in [-0.4, -0.2) is 34.4 Å². The Morgan fingerprint density at radius 1 is 1.10 bits per heavy atom. The van der Waals surface area contributed by atoms with Crippen LogP contribution in [0.1, 0.15) is 56.1 Å². The fourth-order valence-corrected chi connectivity index (χ4v) is 6.67. The van der Waals surface area contributed by atoms with Gasteiger partial charge in [-0.3, -0.25) is 4.79 Å². The van der Waals surface area contributed by atoms with Crippen molar-refractivity contribution in [1.29, 1.82) is 0 Å². The zero-order valence-electron chi connectivity index (χ0n) is 17.8. The summed E-state index contributed by atoms with van der Waals surface area (Å²) in [5, 5.41) is 13.1. The van der Waals surface area contributed by atoms with E-state index in [1.807, 2.05) is 31.2 Å². The Bertz CT molecular complexity index is 1210. The first-order valence-corrected chi connectivity index (χ1v) is 12.4. The first-order chi connectivity index (χ1) is 14.9. The maximum absolute atomic E-state index is 13.7. The third-order valence-corrected chi connectivity index (χ3v) is 8.49. The van der Waals surface area contributed by atoms with Gasteiger partial charge >= 0.3 is 5.97 Å². The minimum absolute atomic E-state index is 0.131. The van der Waals surface area contributed by atoms with Crippen molar-refractivity contribution in [1.82, 2.24) is 9.61 Å². The van der Waals surface area contributed by atoms with Crippen LogP contribution in [0.15, 0.2) is 47.6 Å². The summed E-state index contributed by atoms with van der Waals surface area (Å²) in [4.78, 5) is 11.6. The minimum atomic E-state index is -3.49. The predicted octanol–water partition coefficient (Wildman–Crippen LogP) is 4.82. The predicted molar refractivity (Wildman–Crippen MR) is 120 cm³/mol.